The van der Waals surface area contributed by atoms with Gasteiger partial charge in [-0.05, 0) is 12.3 Å². The van der Waals surface area contributed by atoms with Crippen LogP contribution in [0.2, 0.25) is 0 Å². The van der Waals surface area contributed by atoms with E-state index in [1.165, 1.54) is 0 Å². The van der Waals surface area contributed by atoms with Crippen molar-refractivity contribution >= 4 is 7.82 Å². The Kier molecular flexibility index (Phi) is 21.6. The van der Waals surface area contributed by atoms with Crippen molar-refractivity contribution in [1.82, 2.24) is 0 Å². The minimum absolute atomic E-state index is 0. The quantitative estimate of drug-likeness (QED) is 0.374. The average molecular weight is 288 g/mol. The van der Waals surface area contributed by atoms with Gasteiger partial charge in [0.25, 0.3) is 0 Å². The Bertz CT molecular complexity index is 174. The van der Waals surface area contributed by atoms with Crippen molar-refractivity contribution in [1.29, 1.82) is 0 Å². The number of phosphoric acid groups is 1. The third kappa shape index (κ3) is 17.4. The molecule has 4 nitrogen and oxygen atoms in total. The summed E-state index contributed by atoms with van der Waals surface area (Å²) in [5, 5.41) is 0. The van der Waals surface area contributed by atoms with E-state index in [1.54, 1.807) is 0 Å². The molecule has 15 heavy (non-hydrogen) atoms. The SMILES string of the molecule is CCCCC(CC)COP(=O)(O)O.[K+].[K+]. The second-order valence-electron chi connectivity index (χ2n) is 3.20. The molecule has 7 heteroatoms. The van der Waals surface area contributed by atoms with Crippen LogP contribution in [0.3, 0.4) is 0 Å². The number of rotatable bonds is 7. The number of hydrogen-bond donors (Lipinski definition) is 2. The van der Waals surface area contributed by atoms with Gasteiger partial charge >= 0.3 is 111 Å². The van der Waals surface area contributed by atoms with Gasteiger partial charge < -0.3 is 9.79 Å². The topological polar surface area (TPSA) is 66.8 Å². The van der Waals surface area contributed by atoms with Crippen LogP contribution in [0.1, 0.15) is 39.5 Å². The summed E-state index contributed by atoms with van der Waals surface area (Å²) < 4.78 is 14.8. The van der Waals surface area contributed by atoms with Crippen molar-refractivity contribution in [3.05, 3.63) is 0 Å². The van der Waals surface area contributed by atoms with Gasteiger partial charge in [0.1, 0.15) is 0 Å². The molecule has 1 atom stereocenters. The van der Waals surface area contributed by atoms with Crippen molar-refractivity contribution in [2.24, 2.45) is 5.92 Å². The van der Waals surface area contributed by atoms with E-state index in [0.29, 0.717) is 0 Å². The van der Waals surface area contributed by atoms with Crippen molar-refractivity contribution in [3.63, 3.8) is 0 Å². The molecule has 0 aromatic carbocycles. The Morgan fingerprint density at radius 3 is 2.13 bits per heavy atom. The normalized spacial score (nSPS) is 12.5. The number of hydrogen-bond acceptors (Lipinski definition) is 2. The Labute approximate surface area is 177 Å². The summed E-state index contributed by atoms with van der Waals surface area (Å²) in [6.07, 6.45) is 4.07. The van der Waals surface area contributed by atoms with Crippen LogP contribution in [0.25, 0.3) is 0 Å². The van der Waals surface area contributed by atoms with Crippen molar-refractivity contribution < 1.29 is 122 Å². The maximum atomic E-state index is 10.4. The molecule has 0 aliphatic carbocycles. The summed E-state index contributed by atoms with van der Waals surface area (Å²) >= 11 is 0. The first-order valence-electron chi connectivity index (χ1n) is 4.69. The van der Waals surface area contributed by atoms with E-state index in [-0.39, 0.29) is 115 Å². The fraction of sp³-hybridized carbons (Fsp3) is 1.00. The molecule has 0 rings (SSSR count). The van der Waals surface area contributed by atoms with Gasteiger partial charge in [0.05, 0.1) is 6.61 Å². The fourth-order valence-electron chi connectivity index (χ4n) is 1.10. The Morgan fingerprint density at radius 2 is 1.80 bits per heavy atom. The smallest absolute Gasteiger partial charge is 0.303 e. The van der Waals surface area contributed by atoms with E-state index in [9.17, 15) is 4.57 Å². The van der Waals surface area contributed by atoms with Gasteiger partial charge in [-0.15, -0.1) is 0 Å². The monoisotopic (exact) mass is 288 g/mol. The molecule has 0 aliphatic heterocycles. The summed E-state index contributed by atoms with van der Waals surface area (Å²) in [6, 6.07) is 0. The summed E-state index contributed by atoms with van der Waals surface area (Å²) in [4.78, 5) is 17.0. The molecular formula is C8H19K2O4P+2. The fourth-order valence-corrected chi connectivity index (χ4v) is 1.51. The van der Waals surface area contributed by atoms with Gasteiger partial charge in [0.15, 0.2) is 0 Å². The van der Waals surface area contributed by atoms with Gasteiger partial charge in [-0.3, -0.25) is 4.52 Å². The molecule has 0 fully saturated rings. The third-order valence-corrected chi connectivity index (χ3v) is 2.51. The first kappa shape index (κ1) is 23.5. The predicted molar refractivity (Wildman–Crippen MR) is 51.3 cm³/mol. The van der Waals surface area contributed by atoms with Crippen LogP contribution in [0.4, 0.5) is 0 Å². The van der Waals surface area contributed by atoms with E-state index >= 15 is 0 Å². The molecule has 1 unspecified atom stereocenters. The number of unbranched alkanes of at least 4 members (excludes halogenated alkanes) is 1. The summed E-state index contributed by atoms with van der Waals surface area (Å²) in [6.45, 7) is 4.26. The maximum Gasteiger partial charge on any atom is 1.00 e. The Balaban J connectivity index is -0.000000720. The Morgan fingerprint density at radius 1 is 1.27 bits per heavy atom. The van der Waals surface area contributed by atoms with Crippen LogP contribution in [0, 0.1) is 5.92 Å². The molecule has 0 saturated heterocycles. The Hall–Kier alpha value is 3.38. The average Bonchev–Trinajstić information content (AvgIpc) is 2.03. The molecule has 80 valence electrons. The van der Waals surface area contributed by atoms with Crippen LogP contribution in [-0.2, 0) is 9.09 Å². The summed E-state index contributed by atoms with van der Waals surface area (Å²) in [7, 11) is -4.26. The minimum atomic E-state index is -4.26. The summed E-state index contributed by atoms with van der Waals surface area (Å²) in [5.41, 5.74) is 0. The molecule has 0 aromatic rings. The zero-order chi connectivity index (χ0) is 10.3. The molecule has 2 N–H and O–H groups in total. The molecule has 0 aliphatic rings. The van der Waals surface area contributed by atoms with Crippen molar-refractivity contribution in [2.45, 2.75) is 39.5 Å². The molecule has 0 heterocycles. The molecule has 0 amide bonds. The maximum absolute atomic E-state index is 10.4. The first-order chi connectivity index (χ1) is 5.99. The molecule has 0 aromatic heterocycles. The van der Waals surface area contributed by atoms with E-state index in [0.717, 1.165) is 25.7 Å². The van der Waals surface area contributed by atoms with Crippen molar-refractivity contribution in [3.8, 4) is 0 Å². The third-order valence-electron chi connectivity index (χ3n) is 2.02. The van der Waals surface area contributed by atoms with Gasteiger partial charge in [-0.1, -0.05) is 33.1 Å². The van der Waals surface area contributed by atoms with Crippen LogP contribution in [0.5, 0.6) is 0 Å². The predicted octanol–water partition coefficient (Wildman–Crippen LogP) is -3.68. The zero-order valence-electron chi connectivity index (χ0n) is 10.3. The van der Waals surface area contributed by atoms with Gasteiger partial charge in [-0.2, -0.15) is 0 Å². The molecule has 0 saturated carbocycles. The van der Waals surface area contributed by atoms with Gasteiger partial charge in [0.2, 0.25) is 0 Å². The van der Waals surface area contributed by atoms with Crippen LogP contribution in [-0.4, -0.2) is 16.4 Å². The van der Waals surface area contributed by atoms with Gasteiger partial charge in [-0.25, -0.2) is 4.57 Å². The largest absolute Gasteiger partial charge is 1.00 e. The van der Waals surface area contributed by atoms with Crippen LogP contribution in [0.15, 0.2) is 0 Å². The van der Waals surface area contributed by atoms with Gasteiger partial charge in [0, 0.05) is 0 Å². The van der Waals surface area contributed by atoms with E-state index in [2.05, 4.69) is 11.4 Å². The minimum Gasteiger partial charge on any atom is -0.303 e. The van der Waals surface area contributed by atoms with Crippen LogP contribution < -0.4 is 103 Å². The van der Waals surface area contributed by atoms with Crippen molar-refractivity contribution in [2.75, 3.05) is 6.61 Å². The summed E-state index contributed by atoms with van der Waals surface area (Å²) in [5.74, 6) is 0.271. The second kappa shape index (κ2) is 13.8. The molecular weight excluding hydrogens is 269 g/mol. The first-order valence-corrected chi connectivity index (χ1v) is 6.22. The molecule has 0 radical (unpaired) electrons. The molecule has 0 spiro atoms. The second-order valence-corrected chi connectivity index (χ2v) is 4.44. The zero-order valence-corrected chi connectivity index (χ0v) is 17.4. The van der Waals surface area contributed by atoms with E-state index in [4.69, 9.17) is 9.79 Å². The van der Waals surface area contributed by atoms with Crippen LogP contribution >= 0.6 is 7.82 Å². The number of phosphoric ester groups is 1. The molecule has 0 bridgehead atoms. The standard InChI is InChI=1S/C8H19O4P.2K/c1-3-5-6-8(4-2)7-12-13(9,10)11;;/h8H,3-7H2,1-2H3,(H2,9,10,11);;/q;2*+1. The van der Waals surface area contributed by atoms with E-state index in [1.807, 2.05) is 6.92 Å². The van der Waals surface area contributed by atoms with E-state index < -0.39 is 7.82 Å².